The smallest absolute Gasteiger partial charge is 0.222 e. The van der Waals surface area contributed by atoms with Gasteiger partial charge in [0.1, 0.15) is 0 Å². The molecule has 2 aliphatic carbocycles. The van der Waals surface area contributed by atoms with Gasteiger partial charge in [0.25, 0.3) is 0 Å². The molecule has 1 saturated heterocycles. The summed E-state index contributed by atoms with van der Waals surface area (Å²) in [5.74, 6) is 2.04. The minimum absolute atomic E-state index is 0.409. The third-order valence-corrected chi connectivity index (χ3v) is 7.02. The molecule has 0 aromatic rings. The molecule has 0 bridgehead atoms. The maximum atomic E-state index is 12.7. The third kappa shape index (κ3) is 5.03. The molecule has 1 amide bonds. The fourth-order valence-corrected chi connectivity index (χ4v) is 5.71. The van der Waals surface area contributed by atoms with Gasteiger partial charge in [0.2, 0.25) is 5.91 Å². The molecule has 3 fully saturated rings. The van der Waals surface area contributed by atoms with E-state index < -0.39 is 0 Å². The van der Waals surface area contributed by atoms with E-state index >= 15 is 0 Å². The molecule has 0 aromatic heterocycles. The molecule has 0 spiro atoms. The molecule has 2 nitrogen and oxygen atoms in total. The number of hydrogen-bond donors (Lipinski definition) is 0. The van der Waals surface area contributed by atoms with Crippen LogP contribution in [0.25, 0.3) is 0 Å². The normalized spacial score (nSPS) is 28.4. The summed E-state index contributed by atoms with van der Waals surface area (Å²) in [6.07, 6.45) is 18.6. The van der Waals surface area contributed by atoms with E-state index in [0.717, 1.165) is 37.6 Å². The summed E-state index contributed by atoms with van der Waals surface area (Å²) in [6, 6.07) is 0.564. The van der Waals surface area contributed by atoms with E-state index in [1.165, 1.54) is 75.5 Å². The standard InChI is InChI=1S/C21H35NOS/c23-21(22-15-7-11-18-10-4-5-13-20(18)22)14-6-12-19(24)16-17-8-2-1-3-9-17/h17-18,20H,1-16H2. The third-order valence-electron chi connectivity index (χ3n) is 6.65. The molecule has 0 N–H and O–H groups in total. The molecule has 0 aromatic carbocycles. The molecular formula is C21H35NOS. The van der Waals surface area contributed by atoms with Crippen LogP contribution in [0.4, 0.5) is 0 Å². The summed E-state index contributed by atoms with van der Waals surface area (Å²) in [5, 5.41) is 0. The maximum Gasteiger partial charge on any atom is 0.222 e. The van der Waals surface area contributed by atoms with Gasteiger partial charge in [0, 0.05) is 19.0 Å². The van der Waals surface area contributed by atoms with Crippen LogP contribution >= 0.6 is 12.2 Å². The van der Waals surface area contributed by atoms with E-state index in [-0.39, 0.29) is 0 Å². The summed E-state index contributed by atoms with van der Waals surface area (Å²) in [7, 11) is 0. The number of nitrogens with zero attached hydrogens (tertiary/aromatic N) is 1. The molecule has 3 heteroatoms. The maximum absolute atomic E-state index is 12.7. The second-order valence-corrected chi connectivity index (χ2v) is 9.02. The largest absolute Gasteiger partial charge is 0.339 e. The Morgan fingerprint density at radius 1 is 0.875 bits per heavy atom. The second kappa shape index (κ2) is 9.31. The average Bonchev–Trinajstić information content (AvgIpc) is 2.62. The van der Waals surface area contributed by atoms with E-state index in [9.17, 15) is 4.79 Å². The van der Waals surface area contributed by atoms with E-state index in [1.54, 1.807) is 0 Å². The van der Waals surface area contributed by atoms with Crippen LogP contribution in [0.1, 0.15) is 96.3 Å². The van der Waals surface area contributed by atoms with Crippen LogP contribution in [0.2, 0.25) is 0 Å². The topological polar surface area (TPSA) is 20.3 Å². The highest BCUT2D eigenvalue weighted by Gasteiger charge is 2.35. The number of amides is 1. The number of hydrogen-bond acceptors (Lipinski definition) is 2. The fourth-order valence-electron chi connectivity index (χ4n) is 5.33. The molecule has 2 saturated carbocycles. The minimum Gasteiger partial charge on any atom is -0.339 e. The quantitative estimate of drug-likeness (QED) is 0.575. The second-order valence-electron chi connectivity index (χ2n) is 8.44. The number of fused-ring (bicyclic) bond motifs is 1. The zero-order valence-corrected chi connectivity index (χ0v) is 16.1. The number of rotatable bonds is 6. The van der Waals surface area contributed by atoms with Crippen molar-refractivity contribution in [3.8, 4) is 0 Å². The molecule has 1 heterocycles. The Morgan fingerprint density at radius 2 is 1.58 bits per heavy atom. The zero-order valence-electron chi connectivity index (χ0n) is 15.3. The lowest BCUT2D eigenvalue weighted by atomic mass is 9.78. The number of carbonyl (C=O) groups is 1. The Labute approximate surface area is 153 Å². The summed E-state index contributed by atoms with van der Waals surface area (Å²) in [4.78, 5) is 16.2. The van der Waals surface area contributed by atoms with Gasteiger partial charge in [-0.2, -0.15) is 0 Å². The van der Waals surface area contributed by atoms with E-state index in [0.29, 0.717) is 18.4 Å². The van der Waals surface area contributed by atoms with Crippen molar-refractivity contribution in [3.05, 3.63) is 0 Å². The SMILES string of the molecule is O=C(CCCC(=S)CC1CCCCC1)N1CCCC2CCCCC21. The van der Waals surface area contributed by atoms with Crippen molar-refractivity contribution in [2.45, 2.75) is 102 Å². The van der Waals surface area contributed by atoms with Crippen molar-refractivity contribution in [2.75, 3.05) is 6.54 Å². The van der Waals surface area contributed by atoms with Crippen LogP contribution in [0.3, 0.4) is 0 Å². The summed E-state index contributed by atoms with van der Waals surface area (Å²) in [6.45, 7) is 1.01. The summed E-state index contributed by atoms with van der Waals surface area (Å²) >= 11 is 5.61. The Balaban J connectivity index is 1.37. The molecule has 0 radical (unpaired) electrons. The molecule has 136 valence electrons. The van der Waals surface area contributed by atoms with E-state index in [1.807, 2.05) is 0 Å². The van der Waals surface area contributed by atoms with Gasteiger partial charge in [-0.05, 0) is 61.6 Å². The predicted molar refractivity (Wildman–Crippen MR) is 104 cm³/mol. The van der Waals surface area contributed by atoms with Gasteiger partial charge in [0.05, 0.1) is 0 Å². The van der Waals surface area contributed by atoms with Gasteiger partial charge in [-0.3, -0.25) is 4.79 Å². The Kier molecular flexibility index (Phi) is 7.12. The van der Waals surface area contributed by atoms with Crippen molar-refractivity contribution in [3.63, 3.8) is 0 Å². The van der Waals surface area contributed by atoms with Crippen LogP contribution < -0.4 is 0 Å². The lowest BCUT2D eigenvalue weighted by molar-refractivity contribution is -0.137. The van der Waals surface area contributed by atoms with Crippen LogP contribution in [0, 0.1) is 11.8 Å². The van der Waals surface area contributed by atoms with Crippen molar-refractivity contribution < 1.29 is 4.79 Å². The highest BCUT2D eigenvalue weighted by molar-refractivity contribution is 7.80. The fraction of sp³-hybridized carbons (Fsp3) is 0.905. The Morgan fingerprint density at radius 3 is 2.42 bits per heavy atom. The Hall–Kier alpha value is -0.440. The number of likely N-dealkylation sites (tertiary alicyclic amines) is 1. The molecule has 1 aliphatic heterocycles. The van der Waals surface area contributed by atoms with Gasteiger partial charge in [-0.15, -0.1) is 0 Å². The van der Waals surface area contributed by atoms with Gasteiger partial charge in [-0.1, -0.05) is 57.2 Å². The molecule has 24 heavy (non-hydrogen) atoms. The van der Waals surface area contributed by atoms with Gasteiger partial charge in [0.15, 0.2) is 0 Å². The first-order chi connectivity index (χ1) is 11.7. The van der Waals surface area contributed by atoms with Gasteiger partial charge >= 0.3 is 0 Å². The van der Waals surface area contributed by atoms with Crippen LogP contribution in [0.5, 0.6) is 0 Å². The number of carbonyl (C=O) groups excluding carboxylic acids is 1. The summed E-state index contributed by atoms with van der Waals surface area (Å²) in [5.41, 5.74) is 0. The molecular weight excluding hydrogens is 314 g/mol. The monoisotopic (exact) mass is 349 g/mol. The highest BCUT2D eigenvalue weighted by atomic mass is 32.1. The first-order valence-electron chi connectivity index (χ1n) is 10.5. The Bertz CT molecular complexity index is 428. The minimum atomic E-state index is 0.409. The van der Waals surface area contributed by atoms with Crippen molar-refractivity contribution in [1.29, 1.82) is 0 Å². The van der Waals surface area contributed by atoms with Crippen molar-refractivity contribution >= 4 is 23.0 Å². The van der Waals surface area contributed by atoms with Gasteiger partial charge < -0.3 is 4.90 Å². The van der Waals surface area contributed by atoms with Crippen LogP contribution in [-0.2, 0) is 4.79 Å². The summed E-state index contributed by atoms with van der Waals surface area (Å²) < 4.78 is 0. The van der Waals surface area contributed by atoms with Crippen LogP contribution in [0.15, 0.2) is 0 Å². The predicted octanol–water partition coefficient (Wildman–Crippen LogP) is 5.68. The van der Waals surface area contributed by atoms with Crippen LogP contribution in [-0.4, -0.2) is 28.3 Å². The highest BCUT2D eigenvalue weighted by Crippen LogP contribution is 2.35. The first-order valence-corrected chi connectivity index (χ1v) is 11.0. The molecule has 2 unspecified atom stereocenters. The van der Waals surface area contributed by atoms with E-state index in [4.69, 9.17) is 12.2 Å². The number of piperidine rings is 1. The van der Waals surface area contributed by atoms with Gasteiger partial charge in [-0.25, -0.2) is 0 Å². The number of thiocarbonyl (C=S) groups is 1. The van der Waals surface area contributed by atoms with Crippen molar-refractivity contribution in [1.82, 2.24) is 4.90 Å². The molecule has 3 aliphatic rings. The molecule has 3 rings (SSSR count). The lowest BCUT2D eigenvalue weighted by Gasteiger charge is -2.44. The zero-order chi connectivity index (χ0) is 16.8. The average molecular weight is 350 g/mol. The first kappa shape index (κ1) is 18.4. The van der Waals surface area contributed by atoms with Crippen molar-refractivity contribution in [2.24, 2.45) is 11.8 Å². The van der Waals surface area contributed by atoms with E-state index in [2.05, 4.69) is 4.90 Å². The molecule has 2 atom stereocenters. The lowest BCUT2D eigenvalue weighted by Crippen LogP contribution is -2.49.